The van der Waals surface area contributed by atoms with E-state index in [1.165, 1.54) is 10.5 Å². The van der Waals surface area contributed by atoms with Crippen LogP contribution in [0.3, 0.4) is 0 Å². The van der Waals surface area contributed by atoms with Crippen molar-refractivity contribution in [1.29, 1.82) is 0 Å². The van der Waals surface area contributed by atoms with Crippen molar-refractivity contribution in [3.63, 3.8) is 0 Å². The zero-order valence-corrected chi connectivity index (χ0v) is 25.1. The van der Waals surface area contributed by atoms with Gasteiger partial charge in [-0.3, -0.25) is 19.3 Å². The van der Waals surface area contributed by atoms with Crippen LogP contribution in [0.2, 0.25) is 0 Å². The molecule has 2 amide bonds. The van der Waals surface area contributed by atoms with Gasteiger partial charge in [0.15, 0.2) is 12.4 Å². The number of fused-ring (bicyclic) bond motifs is 6. The van der Waals surface area contributed by atoms with Gasteiger partial charge in [0.25, 0.3) is 0 Å². The molecule has 7 rings (SSSR count). The summed E-state index contributed by atoms with van der Waals surface area (Å²) in [5.74, 6) is -1.36. The largest absolute Gasteiger partial charge is 0.454 e. The zero-order valence-electron chi connectivity index (χ0n) is 25.1. The molecule has 7 nitrogen and oxygen atoms in total. The maximum atomic E-state index is 13.4. The Labute approximate surface area is 255 Å². The lowest BCUT2D eigenvalue weighted by Gasteiger charge is -2.19. The number of pyridine rings is 1. The molecule has 44 heavy (non-hydrogen) atoms. The standard InChI is InChI=1S/C37H32N2O5/c1-19-8-9-24(14-21(19)3)31(40)18-44-37(43)29-17-30(38-34-20(2)6-5-7-27(29)34)23-10-12-26(13-11-23)39-35(41)32-25-15-22(4)28(16-25)33(32)36(39)42/h5-15,17,25,28,32-33H,16,18H2,1-4H3. The molecule has 4 unspecified atom stereocenters. The van der Waals surface area contributed by atoms with E-state index in [1.54, 1.807) is 30.3 Å². The molecule has 0 N–H and O–H groups in total. The second-order valence-corrected chi connectivity index (χ2v) is 12.4. The number of nitrogens with zero attached hydrogens (tertiary/aromatic N) is 2. The third-order valence-corrected chi connectivity index (χ3v) is 9.73. The number of aromatic nitrogens is 1. The predicted octanol–water partition coefficient (Wildman–Crippen LogP) is 6.57. The minimum Gasteiger partial charge on any atom is -0.454 e. The predicted molar refractivity (Wildman–Crippen MR) is 167 cm³/mol. The summed E-state index contributed by atoms with van der Waals surface area (Å²) in [4.78, 5) is 59.2. The number of hydrogen-bond acceptors (Lipinski definition) is 6. The van der Waals surface area contributed by atoms with Crippen molar-refractivity contribution in [3.05, 3.63) is 106 Å². The first-order valence-corrected chi connectivity index (χ1v) is 15.0. The fraction of sp³-hybridized carbons (Fsp3) is 0.270. The number of rotatable bonds is 6. The number of amides is 2. The number of benzene rings is 3. The van der Waals surface area contributed by atoms with E-state index in [0.29, 0.717) is 33.4 Å². The van der Waals surface area contributed by atoms with Gasteiger partial charge < -0.3 is 4.74 Å². The monoisotopic (exact) mass is 584 g/mol. The maximum Gasteiger partial charge on any atom is 0.339 e. The van der Waals surface area contributed by atoms with Crippen molar-refractivity contribution in [3.8, 4) is 11.3 Å². The molecule has 3 aromatic carbocycles. The van der Waals surface area contributed by atoms with Gasteiger partial charge in [-0.15, -0.1) is 0 Å². The Hall–Kier alpha value is -4.91. The van der Waals surface area contributed by atoms with Gasteiger partial charge in [0.2, 0.25) is 11.8 Å². The fourth-order valence-corrected chi connectivity index (χ4v) is 7.23. The maximum absolute atomic E-state index is 13.4. The highest BCUT2D eigenvalue weighted by Gasteiger charge is 2.60. The number of imide groups is 1. The lowest BCUT2D eigenvalue weighted by Crippen LogP contribution is -2.32. The average molecular weight is 585 g/mol. The topological polar surface area (TPSA) is 93.6 Å². The van der Waals surface area contributed by atoms with Gasteiger partial charge in [0.1, 0.15) is 0 Å². The van der Waals surface area contributed by atoms with Crippen molar-refractivity contribution in [2.75, 3.05) is 11.5 Å². The summed E-state index contributed by atoms with van der Waals surface area (Å²) in [6.07, 6.45) is 3.06. The molecule has 4 aromatic rings. The van der Waals surface area contributed by atoms with E-state index in [-0.39, 0.29) is 47.9 Å². The Morgan fingerprint density at radius 1 is 0.864 bits per heavy atom. The molecule has 1 saturated carbocycles. The van der Waals surface area contributed by atoms with Crippen LogP contribution in [-0.2, 0) is 14.3 Å². The van der Waals surface area contributed by atoms with Gasteiger partial charge in [-0.1, -0.05) is 54.1 Å². The summed E-state index contributed by atoms with van der Waals surface area (Å²) in [5.41, 5.74) is 7.43. The molecule has 0 spiro atoms. The number of carbonyl (C=O) groups excluding carboxylic acids is 4. The number of carbonyl (C=O) groups is 4. The summed E-state index contributed by atoms with van der Waals surface area (Å²) in [6.45, 7) is 7.51. The molecular weight excluding hydrogens is 552 g/mol. The number of ketones is 1. The molecule has 2 fully saturated rings. The number of ether oxygens (including phenoxy) is 1. The van der Waals surface area contributed by atoms with Crippen molar-refractivity contribution >= 4 is 40.2 Å². The quantitative estimate of drug-likeness (QED) is 0.110. The molecule has 1 saturated heterocycles. The normalized spacial score (nSPS) is 22.0. The zero-order chi connectivity index (χ0) is 30.9. The molecule has 7 heteroatoms. The summed E-state index contributed by atoms with van der Waals surface area (Å²) >= 11 is 0. The summed E-state index contributed by atoms with van der Waals surface area (Å²) in [5, 5.41) is 0.632. The van der Waals surface area contributed by atoms with Gasteiger partial charge in [0, 0.05) is 16.5 Å². The molecule has 0 radical (unpaired) electrons. The van der Waals surface area contributed by atoms with Crippen LogP contribution in [0.25, 0.3) is 22.2 Å². The third-order valence-electron chi connectivity index (χ3n) is 9.73. The Balaban J connectivity index is 1.16. The van der Waals surface area contributed by atoms with Crippen LogP contribution in [0.15, 0.2) is 78.4 Å². The van der Waals surface area contributed by atoms with Crippen molar-refractivity contribution in [2.45, 2.75) is 34.1 Å². The number of para-hydroxylation sites is 1. The molecular formula is C37H32N2O5. The first kappa shape index (κ1) is 27.9. The van der Waals surface area contributed by atoms with Crippen LogP contribution >= 0.6 is 0 Å². The van der Waals surface area contributed by atoms with Crippen molar-refractivity contribution in [2.24, 2.45) is 23.7 Å². The Morgan fingerprint density at radius 3 is 2.36 bits per heavy atom. The van der Waals surface area contributed by atoms with Crippen LogP contribution in [0.1, 0.15) is 50.8 Å². The van der Waals surface area contributed by atoms with Crippen LogP contribution < -0.4 is 4.90 Å². The number of aryl methyl sites for hydroxylation is 3. The SMILES string of the molecule is CC1=CC2CC1C1C(=O)N(c3ccc(-c4cc(C(=O)OCC(=O)c5ccc(C)c(C)c5)c5cccc(C)c5n4)cc3)C(=O)C21. The van der Waals surface area contributed by atoms with Gasteiger partial charge in [-0.25, -0.2) is 9.78 Å². The second-order valence-electron chi connectivity index (χ2n) is 12.4. The molecule has 2 aliphatic carbocycles. The lowest BCUT2D eigenvalue weighted by atomic mass is 9.82. The van der Waals surface area contributed by atoms with Gasteiger partial charge in [-0.05, 0) is 86.9 Å². The van der Waals surface area contributed by atoms with Crippen molar-refractivity contribution < 1.29 is 23.9 Å². The Bertz CT molecular complexity index is 1940. The molecule has 2 heterocycles. The first-order chi connectivity index (χ1) is 21.1. The highest BCUT2D eigenvalue weighted by molar-refractivity contribution is 6.23. The molecule has 1 aliphatic heterocycles. The Kier molecular flexibility index (Phi) is 6.57. The van der Waals surface area contributed by atoms with E-state index in [1.807, 2.05) is 57.2 Å². The van der Waals surface area contributed by atoms with E-state index < -0.39 is 5.97 Å². The minimum absolute atomic E-state index is 0.118. The van der Waals surface area contributed by atoms with Crippen LogP contribution in [0, 0.1) is 44.4 Å². The Morgan fingerprint density at radius 2 is 1.61 bits per heavy atom. The number of esters is 1. The number of allylic oxidation sites excluding steroid dienone is 2. The minimum atomic E-state index is -0.614. The van der Waals surface area contributed by atoms with Crippen LogP contribution in [-0.4, -0.2) is 35.2 Å². The number of anilines is 1. The molecule has 1 aromatic heterocycles. The van der Waals surface area contributed by atoms with E-state index in [0.717, 1.165) is 28.7 Å². The fourth-order valence-electron chi connectivity index (χ4n) is 7.23. The number of Topliss-reactive ketones (excluding diaryl/α,β-unsaturated/α-hetero) is 1. The summed E-state index contributed by atoms with van der Waals surface area (Å²) in [7, 11) is 0. The lowest BCUT2D eigenvalue weighted by molar-refractivity contribution is -0.123. The molecule has 4 atom stereocenters. The summed E-state index contributed by atoms with van der Waals surface area (Å²) in [6, 6.07) is 19.8. The smallest absolute Gasteiger partial charge is 0.339 e. The summed E-state index contributed by atoms with van der Waals surface area (Å²) < 4.78 is 5.53. The molecule has 2 bridgehead atoms. The second kappa shape index (κ2) is 10.4. The van der Waals surface area contributed by atoms with E-state index in [2.05, 4.69) is 13.0 Å². The first-order valence-electron chi connectivity index (χ1n) is 15.0. The average Bonchev–Trinajstić information content (AvgIpc) is 3.66. The molecule has 3 aliphatic rings. The highest BCUT2D eigenvalue weighted by atomic mass is 16.5. The highest BCUT2D eigenvalue weighted by Crippen LogP contribution is 2.56. The van der Waals surface area contributed by atoms with Gasteiger partial charge in [0.05, 0.1) is 34.3 Å². The van der Waals surface area contributed by atoms with Gasteiger partial charge >= 0.3 is 5.97 Å². The molecule has 220 valence electrons. The van der Waals surface area contributed by atoms with Crippen molar-refractivity contribution in [1.82, 2.24) is 4.98 Å². The number of hydrogen-bond donors (Lipinski definition) is 0. The van der Waals surface area contributed by atoms with Gasteiger partial charge in [-0.2, -0.15) is 0 Å². The van der Waals surface area contributed by atoms with E-state index in [4.69, 9.17) is 9.72 Å². The van der Waals surface area contributed by atoms with E-state index in [9.17, 15) is 19.2 Å². The third kappa shape index (κ3) is 4.37. The van der Waals surface area contributed by atoms with Crippen LogP contribution in [0.5, 0.6) is 0 Å². The van der Waals surface area contributed by atoms with Crippen LogP contribution in [0.4, 0.5) is 5.69 Å². The van der Waals surface area contributed by atoms with E-state index >= 15 is 0 Å².